The third-order valence-electron chi connectivity index (χ3n) is 4.71. The molecule has 0 saturated carbocycles. The van der Waals surface area contributed by atoms with Gasteiger partial charge in [-0.3, -0.25) is 19.5 Å². The molecule has 1 fully saturated rings. The number of hydrogen-bond acceptors (Lipinski definition) is 5. The van der Waals surface area contributed by atoms with Crippen LogP contribution in [0.4, 0.5) is 4.39 Å². The lowest BCUT2D eigenvalue weighted by atomic mass is 10.1. The van der Waals surface area contributed by atoms with E-state index in [9.17, 15) is 14.0 Å². The first-order valence-corrected chi connectivity index (χ1v) is 8.87. The number of ether oxygens (including phenoxy) is 1. The number of carbonyl (C=O) groups excluding carboxylic acids is 2. The molecule has 27 heavy (non-hydrogen) atoms. The van der Waals surface area contributed by atoms with E-state index in [4.69, 9.17) is 4.74 Å². The normalized spacial score (nSPS) is 16.0. The highest BCUT2D eigenvalue weighted by Crippen LogP contribution is 2.18. The second kappa shape index (κ2) is 8.73. The van der Waals surface area contributed by atoms with Gasteiger partial charge in [-0.05, 0) is 30.7 Å². The summed E-state index contributed by atoms with van der Waals surface area (Å²) in [6.07, 6.45) is 2.67. The van der Waals surface area contributed by atoms with E-state index < -0.39 is 6.10 Å². The van der Waals surface area contributed by atoms with Crippen LogP contribution in [-0.2, 0) is 16.1 Å². The minimum Gasteiger partial charge on any atom is -0.460 e. The van der Waals surface area contributed by atoms with Crippen molar-refractivity contribution in [3.05, 3.63) is 65.2 Å². The van der Waals surface area contributed by atoms with Gasteiger partial charge in [-0.2, -0.15) is 0 Å². The van der Waals surface area contributed by atoms with Crippen molar-refractivity contribution in [2.24, 2.45) is 0 Å². The lowest BCUT2D eigenvalue weighted by Gasteiger charge is -2.34. The summed E-state index contributed by atoms with van der Waals surface area (Å²) < 4.78 is 17.9. The highest BCUT2D eigenvalue weighted by atomic mass is 19.1. The van der Waals surface area contributed by atoms with Crippen LogP contribution in [0.3, 0.4) is 0 Å². The molecule has 3 rings (SSSR count). The van der Waals surface area contributed by atoms with E-state index in [0.717, 1.165) is 25.2 Å². The first kappa shape index (κ1) is 19.0. The van der Waals surface area contributed by atoms with Crippen LogP contribution in [-0.4, -0.2) is 53.3 Å². The van der Waals surface area contributed by atoms with E-state index in [0.29, 0.717) is 30.7 Å². The van der Waals surface area contributed by atoms with Gasteiger partial charge in [-0.25, -0.2) is 4.39 Å². The number of pyridine rings is 1. The molecule has 1 aliphatic rings. The quantitative estimate of drug-likeness (QED) is 0.730. The molecule has 0 bridgehead atoms. The molecule has 0 aliphatic carbocycles. The Bertz CT molecular complexity index is 789. The van der Waals surface area contributed by atoms with Gasteiger partial charge in [0.1, 0.15) is 11.9 Å². The van der Waals surface area contributed by atoms with Gasteiger partial charge in [0.2, 0.25) is 0 Å². The number of benzene rings is 1. The van der Waals surface area contributed by atoms with Gasteiger partial charge >= 0.3 is 0 Å². The van der Waals surface area contributed by atoms with Crippen molar-refractivity contribution in [2.45, 2.75) is 19.6 Å². The van der Waals surface area contributed by atoms with Gasteiger partial charge in [0, 0.05) is 50.7 Å². The number of nitrogens with zero attached hydrogens (tertiary/aromatic N) is 3. The summed E-state index contributed by atoms with van der Waals surface area (Å²) in [6, 6.07) is 8.21. The molecule has 0 spiro atoms. The maximum Gasteiger partial charge on any atom is 0.293 e. The lowest BCUT2D eigenvalue weighted by molar-refractivity contribution is -0.133. The number of aromatic nitrogens is 1. The van der Waals surface area contributed by atoms with Crippen molar-refractivity contribution < 1.29 is 18.7 Å². The monoisotopic (exact) mass is 371 g/mol. The second-order valence-corrected chi connectivity index (χ2v) is 6.58. The predicted molar refractivity (Wildman–Crippen MR) is 97.4 cm³/mol. The molecular weight excluding hydrogens is 349 g/mol. The summed E-state index contributed by atoms with van der Waals surface area (Å²) in [6.45, 7) is 5.59. The Morgan fingerprint density at radius 3 is 2.59 bits per heavy atom. The van der Waals surface area contributed by atoms with Gasteiger partial charge in [-0.1, -0.05) is 12.1 Å². The molecule has 7 heteroatoms. The minimum absolute atomic E-state index is 0.0796. The van der Waals surface area contributed by atoms with Crippen LogP contribution >= 0.6 is 0 Å². The molecule has 6 nitrogen and oxygen atoms in total. The van der Waals surface area contributed by atoms with Crippen LogP contribution in [0.2, 0.25) is 0 Å². The molecule has 2 heterocycles. The van der Waals surface area contributed by atoms with E-state index in [1.165, 1.54) is 18.3 Å². The molecule has 1 aliphatic heterocycles. The Morgan fingerprint density at radius 1 is 1.22 bits per heavy atom. The molecule has 1 unspecified atom stereocenters. The first-order chi connectivity index (χ1) is 13.1. The number of rotatable bonds is 6. The zero-order valence-electron chi connectivity index (χ0n) is 15.2. The molecule has 1 amide bonds. The Morgan fingerprint density at radius 2 is 1.93 bits per heavy atom. The molecule has 1 aromatic carbocycles. The molecule has 2 aromatic rings. The zero-order valence-corrected chi connectivity index (χ0v) is 15.2. The largest absolute Gasteiger partial charge is 0.460 e. The van der Waals surface area contributed by atoms with E-state index in [1.807, 2.05) is 0 Å². The Hall–Kier alpha value is -2.80. The van der Waals surface area contributed by atoms with Crippen molar-refractivity contribution in [2.75, 3.05) is 26.2 Å². The van der Waals surface area contributed by atoms with Gasteiger partial charge in [0.25, 0.3) is 12.4 Å². The van der Waals surface area contributed by atoms with Gasteiger partial charge < -0.3 is 9.64 Å². The molecule has 0 N–H and O–H groups in total. The summed E-state index contributed by atoms with van der Waals surface area (Å²) in [5.41, 5.74) is 2.22. The van der Waals surface area contributed by atoms with Crippen LogP contribution in [0.5, 0.6) is 0 Å². The zero-order chi connectivity index (χ0) is 19.2. The average Bonchev–Trinajstić information content (AvgIpc) is 2.70. The Kier molecular flexibility index (Phi) is 6.13. The lowest BCUT2D eigenvalue weighted by Crippen LogP contribution is -2.48. The molecule has 1 saturated heterocycles. The van der Waals surface area contributed by atoms with Crippen LogP contribution in [0.15, 0.2) is 42.7 Å². The SMILES string of the molecule is CC(OC=O)c1cncc(C(=O)N2CCN(Cc3ccc(F)cc3)CC2)c1. The molecule has 1 atom stereocenters. The summed E-state index contributed by atoms with van der Waals surface area (Å²) in [5.74, 6) is -0.318. The summed E-state index contributed by atoms with van der Waals surface area (Å²) in [7, 11) is 0. The molecule has 0 radical (unpaired) electrons. The number of carbonyl (C=O) groups is 2. The van der Waals surface area contributed by atoms with E-state index in [2.05, 4.69) is 9.88 Å². The topological polar surface area (TPSA) is 62.7 Å². The predicted octanol–water partition coefficient (Wildman–Crippen LogP) is 2.41. The smallest absolute Gasteiger partial charge is 0.293 e. The Balaban J connectivity index is 1.57. The maximum atomic E-state index is 13.0. The minimum atomic E-state index is -0.449. The van der Waals surface area contributed by atoms with Crippen molar-refractivity contribution in [1.29, 1.82) is 0 Å². The highest BCUT2D eigenvalue weighted by Gasteiger charge is 2.23. The summed E-state index contributed by atoms with van der Waals surface area (Å²) >= 11 is 0. The third kappa shape index (κ3) is 4.89. The summed E-state index contributed by atoms with van der Waals surface area (Å²) in [5, 5.41) is 0. The fourth-order valence-electron chi connectivity index (χ4n) is 3.10. The van der Waals surface area contributed by atoms with Crippen LogP contribution < -0.4 is 0 Å². The number of piperazine rings is 1. The van der Waals surface area contributed by atoms with Crippen LogP contribution in [0.1, 0.15) is 34.5 Å². The van der Waals surface area contributed by atoms with E-state index in [-0.39, 0.29) is 11.7 Å². The number of amides is 1. The van der Waals surface area contributed by atoms with Crippen LogP contribution in [0.25, 0.3) is 0 Å². The van der Waals surface area contributed by atoms with Crippen molar-refractivity contribution >= 4 is 12.4 Å². The molecular formula is C20H22FN3O3. The van der Waals surface area contributed by atoms with Crippen LogP contribution in [0, 0.1) is 5.82 Å². The van der Waals surface area contributed by atoms with Gasteiger partial charge in [0.05, 0.1) is 5.56 Å². The Labute approximate surface area is 157 Å². The number of halogens is 1. The maximum absolute atomic E-state index is 13.0. The first-order valence-electron chi connectivity index (χ1n) is 8.87. The average molecular weight is 371 g/mol. The highest BCUT2D eigenvalue weighted by molar-refractivity contribution is 5.94. The number of hydrogen-bond donors (Lipinski definition) is 0. The summed E-state index contributed by atoms with van der Waals surface area (Å²) in [4.78, 5) is 31.4. The fourth-order valence-corrected chi connectivity index (χ4v) is 3.10. The molecule has 1 aromatic heterocycles. The second-order valence-electron chi connectivity index (χ2n) is 6.58. The van der Waals surface area contributed by atoms with E-state index in [1.54, 1.807) is 36.2 Å². The van der Waals surface area contributed by atoms with E-state index >= 15 is 0 Å². The molecule has 142 valence electrons. The van der Waals surface area contributed by atoms with Crippen molar-refractivity contribution in [3.8, 4) is 0 Å². The van der Waals surface area contributed by atoms with Crippen molar-refractivity contribution in [1.82, 2.24) is 14.8 Å². The van der Waals surface area contributed by atoms with Gasteiger partial charge in [0.15, 0.2) is 0 Å². The third-order valence-corrected chi connectivity index (χ3v) is 4.71. The fraction of sp³-hybridized carbons (Fsp3) is 0.350. The van der Waals surface area contributed by atoms with Crippen molar-refractivity contribution in [3.63, 3.8) is 0 Å². The van der Waals surface area contributed by atoms with Gasteiger partial charge in [-0.15, -0.1) is 0 Å². The standard InChI is InChI=1S/C20H22FN3O3/c1-15(27-14-25)17-10-18(12-22-11-17)20(26)24-8-6-23(7-9-24)13-16-2-4-19(21)5-3-16/h2-5,10-12,14-15H,6-9,13H2,1H3.